The van der Waals surface area contributed by atoms with Crippen LogP contribution in [0.2, 0.25) is 0 Å². The van der Waals surface area contributed by atoms with Crippen molar-refractivity contribution in [1.82, 2.24) is 4.98 Å². The number of aromatic nitrogens is 1. The largest absolute Gasteiger partial charge is 0.323 e. The van der Waals surface area contributed by atoms with Crippen LogP contribution in [0, 0.1) is 12.8 Å². The molecule has 0 spiro atoms. The first-order chi connectivity index (χ1) is 7.29. The lowest BCUT2D eigenvalue weighted by atomic mass is 9.91. The van der Waals surface area contributed by atoms with Crippen molar-refractivity contribution in [3.8, 4) is 0 Å². The number of thiazole rings is 1. The summed E-state index contributed by atoms with van der Waals surface area (Å²) in [4.78, 5) is 5.60. The molecule has 1 heterocycles. The fourth-order valence-electron chi connectivity index (χ4n) is 2.51. The van der Waals surface area contributed by atoms with Crippen LogP contribution in [0.3, 0.4) is 0 Å². The van der Waals surface area contributed by atoms with Crippen LogP contribution in [-0.4, -0.2) is 4.98 Å². The van der Waals surface area contributed by atoms with Gasteiger partial charge in [-0.15, -0.1) is 11.3 Å². The van der Waals surface area contributed by atoms with Gasteiger partial charge in [0.1, 0.15) is 0 Å². The Balaban J connectivity index is 2.06. The zero-order chi connectivity index (χ0) is 10.7. The minimum atomic E-state index is 0.232. The van der Waals surface area contributed by atoms with Crippen LogP contribution >= 0.6 is 11.3 Å². The molecule has 0 radical (unpaired) electrons. The molecule has 1 unspecified atom stereocenters. The minimum absolute atomic E-state index is 0.232. The maximum Gasteiger partial charge on any atom is 0.0798 e. The third-order valence-corrected chi connectivity index (χ3v) is 4.53. The zero-order valence-corrected chi connectivity index (χ0v) is 10.2. The molecule has 15 heavy (non-hydrogen) atoms. The summed E-state index contributed by atoms with van der Waals surface area (Å²) in [6.07, 6.45) is 8.11. The Morgan fingerprint density at radius 3 is 2.53 bits per heavy atom. The van der Waals surface area contributed by atoms with Crippen molar-refractivity contribution in [2.75, 3.05) is 0 Å². The van der Waals surface area contributed by atoms with E-state index in [2.05, 4.69) is 11.9 Å². The van der Waals surface area contributed by atoms with Gasteiger partial charge in [-0.25, -0.2) is 4.98 Å². The molecule has 3 heteroatoms. The number of rotatable bonds is 2. The summed E-state index contributed by atoms with van der Waals surface area (Å²) in [5.74, 6) is 0.687. The quantitative estimate of drug-likeness (QED) is 0.782. The second kappa shape index (κ2) is 5.08. The normalized spacial score (nSPS) is 21.2. The first-order valence-electron chi connectivity index (χ1n) is 5.94. The first-order valence-corrected chi connectivity index (χ1v) is 6.82. The number of hydrogen-bond donors (Lipinski definition) is 1. The maximum absolute atomic E-state index is 6.35. The van der Waals surface area contributed by atoms with E-state index in [1.165, 1.54) is 43.4 Å². The highest BCUT2D eigenvalue weighted by Crippen LogP contribution is 2.34. The third kappa shape index (κ3) is 2.58. The van der Waals surface area contributed by atoms with Crippen molar-refractivity contribution >= 4 is 11.3 Å². The molecule has 1 aromatic rings. The SMILES string of the molecule is Cc1ncsc1C(N)C1CCCCCC1. The molecule has 1 fully saturated rings. The van der Waals surface area contributed by atoms with E-state index < -0.39 is 0 Å². The topological polar surface area (TPSA) is 38.9 Å². The Bertz CT molecular complexity index is 300. The summed E-state index contributed by atoms with van der Waals surface area (Å²) in [7, 11) is 0. The summed E-state index contributed by atoms with van der Waals surface area (Å²) in [5, 5.41) is 0. The fraction of sp³-hybridized carbons (Fsp3) is 0.750. The highest BCUT2D eigenvalue weighted by molar-refractivity contribution is 7.09. The van der Waals surface area contributed by atoms with Gasteiger partial charge in [-0.2, -0.15) is 0 Å². The Labute approximate surface area is 95.9 Å². The van der Waals surface area contributed by atoms with Crippen molar-refractivity contribution in [3.05, 3.63) is 16.1 Å². The Morgan fingerprint density at radius 1 is 1.33 bits per heavy atom. The van der Waals surface area contributed by atoms with Crippen molar-refractivity contribution in [2.45, 2.75) is 51.5 Å². The monoisotopic (exact) mass is 224 g/mol. The Kier molecular flexibility index (Phi) is 3.76. The van der Waals surface area contributed by atoms with Crippen molar-refractivity contribution in [2.24, 2.45) is 11.7 Å². The average molecular weight is 224 g/mol. The molecular weight excluding hydrogens is 204 g/mol. The van der Waals surface area contributed by atoms with Crippen molar-refractivity contribution in [1.29, 1.82) is 0 Å². The highest BCUT2D eigenvalue weighted by atomic mass is 32.1. The molecule has 2 nitrogen and oxygen atoms in total. The predicted molar refractivity (Wildman–Crippen MR) is 65.0 cm³/mol. The molecular formula is C12H20N2S. The Hall–Kier alpha value is -0.410. The van der Waals surface area contributed by atoms with Gasteiger partial charge in [-0.05, 0) is 25.7 Å². The molecule has 2 N–H and O–H groups in total. The molecule has 1 aliphatic carbocycles. The second-order valence-corrected chi connectivity index (χ2v) is 5.47. The van der Waals surface area contributed by atoms with E-state index in [1.54, 1.807) is 11.3 Å². The molecule has 1 aromatic heterocycles. The molecule has 1 atom stereocenters. The van der Waals surface area contributed by atoms with Gasteiger partial charge in [-0.3, -0.25) is 0 Å². The van der Waals surface area contributed by atoms with Crippen LogP contribution in [-0.2, 0) is 0 Å². The van der Waals surface area contributed by atoms with Crippen LogP contribution in [0.5, 0.6) is 0 Å². The zero-order valence-electron chi connectivity index (χ0n) is 9.41. The number of hydrogen-bond acceptors (Lipinski definition) is 3. The number of nitrogens with zero attached hydrogens (tertiary/aromatic N) is 1. The summed E-state index contributed by atoms with van der Waals surface area (Å²) in [6, 6.07) is 0.232. The number of nitrogens with two attached hydrogens (primary N) is 1. The summed E-state index contributed by atoms with van der Waals surface area (Å²) in [5.41, 5.74) is 9.41. The molecule has 0 aliphatic heterocycles. The van der Waals surface area contributed by atoms with Gasteiger partial charge in [-0.1, -0.05) is 25.7 Å². The maximum atomic E-state index is 6.35. The highest BCUT2D eigenvalue weighted by Gasteiger charge is 2.23. The molecule has 2 rings (SSSR count). The smallest absolute Gasteiger partial charge is 0.0798 e. The molecule has 0 amide bonds. The van der Waals surface area contributed by atoms with Crippen LogP contribution in [0.1, 0.15) is 55.1 Å². The summed E-state index contributed by atoms with van der Waals surface area (Å²) < 4.78 is 0. The molecule has 0 saturated heterocycles. The van der Waals surface area contributed by atoms with Gasteiger partial charge in [0, 0.05) is 10.9 Å². The van der Waals surface area contributed by atoms with Crippen LogP contribution in [0.25, 0.3) is 0 Å². The van der Waals surface area contributed by atoms with Gasteiger partial charge < -0.3 is 5.73 Å². The molecule has 1 saturated carbocycles. The lowest BCUT2D eigenvalue weighted by molar-refractivity contribution is 0.385. The lowest BCUT2D eigenvalue weighted by Crippen LogP contribution is -2.20. The van der Waals surface area contributed by atoms with E-state index in [0.29, 0.717) is 5.92 Å². The van der Waals surface area contributed by atoms with Gasteiger partial charge in [0.05, 0.1) is 11.2 Å². The van der Waals surface area contributed by atoms with E-state index in [-0.39, 0.29) is 6.04 Å². The van der Waals surface area contributed by atoms with Crippen LogP contribution in [0.15, 0.2) is 5.51 Å². The van der Waals surface area contributed by atoms with Gasteiger partial charge >= 0.3 is 0 Å². The van der Waals surface area contributed by atoms with E-state index >= 15 is 0 Å². The van der Waals surface area contributed by atoms with E-state index in [0.717, 1.165) is 5.69 Å². The average Bonchev–Trinajstić information content (AvgIpc) is 2.53. The van der Waals surface area contributed by atoms with Crippen LogP contribution in [0.4, 0.5) is 0 Å². The Morgan fingerprint density at radius 2 is 2.00 bits per heavy atom. The van der Waals surface area contributed by atoms with Gasteiger partial charge in [0.25, 0.3) is 0 Å². The first kappa shape index (κ1) is 11.1. The fourth-order valence-corrected chi connectivity index (χ4v) is 3.41. The summed E-state index contributed by atoms with van der Waals surface area (Å²) >= 11 is 1.72. The number of aryl methyl sites for hydroxylation is 1. The van der Waals surface area contributed by atoms with E-state index in [4.69, 9.17) is 5.73 Å². The van der Waals surface area contributed by atoms with E-state index in [9.17, 15) is 0 Å². The summed E-state index contributed by atoms with van der Waals surface area (Å²) in [6.45, 7) is 2.07. The van der Waals surface area contributed by atoms with Crippen molar-refractivity contribution in [3.63, 3.8) is 0 Å². The third-order valence-electron chi connectivity index (χ3n) is 3.49. The molecule has 84 valence electrons. The van der Waals surface area contributed by atoms with E-state index in [1.807, 2.05) is 5.51 Å². The predicted octanol–water partition coefficient (Wildman–Crippen LogP) is 3.42. The van der Waals surface area contributed by atoms with Gasteiger partial charge in [0.15, 0.2) is 0 Å². The standard InChI is InChI=1S/C12H20N2S/c1-9-12(15-8-14-9)11(13)10-6-4-2-3-5-7-10/h8,10-11H,2-7,13H2,1H3. The molecule has 0 bridgehead atoms. The lowest BCUT2D eigenvalue weighted by Gasteiger charge is -2.21. The van der Waals surface area contributed by atoms with Crippen molar-refractivity contribution < 1.29 is 0 Å². The molecule has 1 aliphatic rings. The minimum Gasteiger partial charge on any atom is -0.323 e. The van der Waals surface area contributed by atoms with Gasteiger partial charge in [0.2, 0.25) is 0 Å². The molecule has 0 aromatic carbocycles. The second-order valence-electron chi connectivity index (χ2n) is 4.58. The van der Waals surface area contributed by atoms with Crippen LogP contribution < -0.4 is 5.73 Å².